The minimum absolute atomic E-state index is 0.127. The first-order chi connectivity index (χ1) is 18.7. The molecule has 39 heavy (non-hydrogen) atoms. The number of methoxy groups -OCH3 is 2. The lowest BCUT2D eigenvalue weighted by Gasteiger charge is -2.35. The molecule has 4 aromatic rings. The van der Waals surface area contributed by atoms with Gasteiger partial charge in [0.05, 0.1) is 20.8 Å². The Labute approximate surface area is 229 Å². The molecular formula is C27H29ClN6O5. The predicted octanol–water partition coefficient (Wildman–Crippen LogP) is 2.11. The van der Waals surface area contributed by atoms with Gasteiger partial charge in [-0.25, -0.2) is 4.79 Å². The summed E-state index contributed by atoms with van der Waals surface area (Å²) in [6, 6.07) is 12.5. The molecule has 1 amide bonds. The highest BCUT2D eigenvalue weighted by atomic mass is 35.5. The van der Waals surface area contributed by atoms with E-state index in [1.54, 1.807) is 56.5 Å². The highest BCUT2D eigenvalue weighted by Gasteiger charge is 2.28. The average Bonchev–Trinajstić information content (AvgIpc) is 3.34. The molecule has 3 heterocycles. The topological polar surface area (TPSA) is 104 Å². The van der Waals surface area contributed by atoms with Crippen LogP contribution >= 0.6 is 11.6 Å². The SMILES string of the molecule is COc1cc(OC)cc(C(=O)N2CCN(c3nc4c(c(=O)n(C)c(=O)n4C)n3Cc3ccc(Cl)cc3)CC2)c1. The molecule has 204 valence electrons. The number of benzene rings is 2. The van der Waals surface area contributed by atoms with Crippen LogP contribution in [0.25, 0.3) is 11.2 Å². The van der Waals surface area contributed by atoms with E-state index in [-0.39, 0.29) is 5.91 Å². The summed E-state index contributed by atoms with van der Waals surface area (Å²) < 4.78 is 14.9. The number of carbonyl (C=O) groups excluding carboxylic acids is 1. The van der Waals surface area contributed by atoms with E-state index in [1.807, 2.05) is 21.6 Å². The van der Waals surface area contributed by atoms with E-state index in [2.05, 4.69) is 0 Å². The van der Waals surface area contributed by atoms with Crippen molar-refractivity contribution >= 4 is 34.6 Å². The number of aryl methyl sites for hydroxylation is 1. The van der Waals surface area contributed by atoms with E-state index in [9.17, 15) is 14.4 Å². The zero-order valence-corrected chi connectivity index (χ0v) is 22.9. The lowest BCUT2D eigenvalue weighted by atomic mass is 10.1. The summed E-state index contributed by atoms with van der Waals surface area (Å²) in [7, 11) is 6.15. The van der Waals surface area contributed by atoms with Crippen LogP contribution in [0.15, 0.2) is 52.1 Å². The summed E-state index contributed by atoms with van der Waals surface area (Å²) >= 11 is 6.08. The van der Waals surface area contributed by atoms with Gasteiger partial charge >= 0.3 is 5.69 Å². The number of fused-ring (bicyclic) bond motifs is 1. The Morgan fingerprint density at radius 2 is 1.54 bits per heavy atom. The Kier molecular flexibility index (Phi) is 7.09. The van der Waals surface area contributed by atoms with Crippen LogP contribution in [-0.4, -0.2) is 69.9 Å². The Hall–Kier alpha value is -4.25. The maximum absolute atomic E-state index is 13.3. The first-order valence-corrected chi connectivity index (χ1v) is 12.8. The molecule has 0 atom stereocenters. The van der Waals surface area contributed by atoms with Gasteiger partial charge < -0.3 is 19.3 Å². The first kappa shape index (κ1) is 26.4. The van der Waals surface area contributed by atoms with E-state index >= 15 is 0 Å². The molecule has 1 fully saturated rings. The molecule has 0 unspecified atom stereocenters. The Balaban J connectivity index is 1.48. The summed E-state index contributed by atoms with van der Waals surface area (Å²) in [6.07, 6.45) is 0. The standard InChI is InChI=1S/C27H29ClN6O5/c1-30-23-22(25(36)31(2)27(30)37)34(16-17-5-7-19(28)8-6-17)26(29-23)33-11-9-32(10-12-33)24(35)18-13-20(38-3)15-21(14-18)39-4/h5-8,13-15H,9-12,16H2,1-4H3. The van der Waals surface area contributed by atoms with Gasteiger partial charge in [-0.2, -0.15) is 4.98 Å². The number of hydrogen-bond acceptors (Lipinski definition) is 7. The van der Waals surface area contributed by atoms with Crippen LogP contribution < -0.4 is 25.6 Å². The van der Waals surface area contributed by atoms with Gasteiger partial charge in [0.1, 0.15) is 11.5 Å². The van der Waals surface area contributed by atoms with Crippen molar-refractivity contribution in [3.05, 3.63) is 79.5 Å². The third-order valence-corrected chi connectivity index (χ3v) is 7.28. The second kappa shape index (κ2) is 10.5. The molecule has 0 aliphatic carbocycles. The first-order valence-electron chi connectivity index (χ1n) is 12.4. The molecule has 2 aromatic carbocycles. The molecule has 0 spiro atoms. The van der Waals surface area contributed by atoms with Gasteiger partial charge in [-0.15, -0.1) is 0 Å². The second-order valence-electron chi connectivity index (χ2n) is 9.38. The van der Waals surface area contributed by atoms with Crippen molar-refractivity contribution in [2.45, 2.75) is 6.54 Å². The number of halogens is 1. The molecule has 1 saturated heterocycles. The maximum atomic E-state index is 13.3. The molecule has 1 aliphatic heterocycles. The van der Waals surface area contributed by atoms with Crippen LogP contribution in [0.4, 0.5) is 5.95 Å². The minimum Gasteiger partial charge on any atom is -0.497 e. The zero-order valence-electron chi connectivity index (χ0n) is 22.2. The fraction of sp³-hybridized carbons (Fsp3) is 0.333. The number of amides is 1. The normalized spacial score (nSPS) is 13.7. The smallest absolute Gasteiger partial charge is 0.332 e. The van der Waals surface area contributed by atoms with Gasteiger partial charge in [-0.05, 0) is 29.8 Å². The highest BCUT2D eigenvalue weighted by molar-refractivity contribution is 6.30. The van der Waals surface area contributed by atoms with Crippen LogP contribution in [0.2, 0.25) is 5.02 Å². The van der Waals surface area contributed by atoms with Crippen molar-refractivity contribution in [1.29, 1.82) is 0 Å². The lowest BCUT2D eigenvalue weighted by Crippen LogP contribution is -2.49. The molecule has 5 rings (SSSR count). The Bertz CT molecular complexity index is 1640. The van der Waals surface area contributed by atoms with Gasteiger partial charge in [-0.3, -0.25) is 23.3 Å². The van der Waals surface area contributed by atoms with Gasteiger partial charge in [0.15, 0.2) is 11.2 Å². The fourth-order valence-electron chi connectivity index (χ4n) is 4.82. The quantitative estimate of drug-likeness (QED) is 0.361. The van der Waals surface area contributed by atoms with Gasteiger partial charge in [0.25, 0.3) is 11.5 Å². The van der Waals surface area contributed by atoms with E-state index in [1.165, 1.54) is 11.6 Å². The van der Waals surface area contributed by atoms with Gasteiger partial charge in [0, 0.05) is 56.9 Å². The summed E-state index contributed by atoms with van der Waals surface area (Å²) in [5.74, 6) is 1.52. The third kappa shape index (κ3) is 4.85. The zero-order chi connectivity index (χ0) is 27.8. The molecule has 11 nitrogen and oxygen atoms in total. The minimum atomic E-state index is -0.445. The fourth-order valence-corrected chi connectivity index (χ4v) is 4.95. The Morgan fingerprint density at radius 3 is 2.13 bits per heavy atom. The summed E-state index contributed by atoms with van der Waals surface area (Å²) in [4.78, 5) is 47.7. The van der Waals surface area contributed by atoms with E-state index in [0.717, 1.165) is 10.1 Å². The second-order valence-corrected chi connectivity index (χ2v) is 9.82. The Morgan fingerprint density at radius 1 is 0.923 bits per heavy atom. The number of piperazine rings is 1. The molecule has 1 aliphatic rings. The van der Waals surface area contributed by atoms with Crippen LogP contribution in [0.3, 0.4) is 0 Å². The average molecular weight is 553 g/mol. The summed E-state index contributed by atoms with van der Waals surface area (Å²) in [5, 5.41) is 0.613. The van der Waals surface area contributed by atoms with Crippen molar-refractivity contribution in [2.75, 3.05) is 45.3 Å². The molecule has 0 bridgehead atoms. The lowest BCUT2D eigenvalue weighted by molar-refractivity contribution is 0.0745. The van der Waals surface area contributed by atoms with Crippen molar-refractivity contribution < 1.29 is 14.3 Å². The van der Waals surface area contributed by atoms with Crippen molar-refractivity contribution in [3.8, 4) is 11.5 Å². The number of ether oxygens (including phenoxy) is 2. The van der Waals surface area contributed by atoms with Crippen LogP contribution in [-0.2, 0) is 20.6 Å². The molecular weight excluding hydrogens is 524 g/mol. The summed E-state index contributed by atoms with van der Waals surface area (Å²) in [6.45, 7) is 2.23. The number of aromatic nitrogens is 4. The number of nitrogens with zero attached hydrogens (tertiary/aromatic N) is 6. The number of carbonyl (C=O) groups is 1. The van der Waals surface area contributed by atoms with Crippen LogP contribution in [0.5, 0.6) is 11.5 Å². The molecule has 0 saturated carbocycles. The monoisotopic (exact) mass is 552 g/mol. The number of imidazole rings is 1. The maximum Gasteiger partial charge on any atom is 0.332 e. The van der Waals surface area contributed by atoms with Crippen molar-refractivity contribution in [2.24, 2.45) is 14.1 Å². The third-order valence-electron chi connectivity index (χ3n) is 7.03. The van der Waals surface area contributed by atoms with E-state index in [0.29, 0.717) is 71.9 Å². The molecule has 0 radical (unpaired) electrons. The number of rotatable bonds is 6. The van der Waals surface area contributed by atoms with Crippen LogP contribution in [0, 0.1) is 0 Å². The van der Waals surface area contributed by atoms with Crippen LogP contribution in [0.1, 0.15) is 15.9 Å². The summed E-state index contributed by atoms with van der Waals surface area (Å²) in [5.41, 5.74) is 1.20. The predicted molar refractivity (Wildman–Crippen MR) is 148 cm³/mol. The van der Waals surface area contributed by atoms with E-state index < -0.39 is 11.2 Å². The molecule has 2 aromatic heterocycles. The van der Waals surface area contributed by atoms with Crippen molar-refractivity contribution in [3.63, 3.8) is 0 Å². The molecule has 12 heteroatoms. The highest BCUT2D eigenvalue weighted by Crippen LogP contribution is 2.26. The van der Waals surface area contributed by atoms with E-state index in [4.69, 9.17) is 26.1 Å². The van der Waals surface area contributed by atoms with Gasteiger partial charge in [0.2, 0.25) is 5.95 Å². The number of hydrogen-bond donors (Lipinski definition) is 0. The largest absolute Gasteiger partial charge is 0.497 e. The van der Waals surface area contributed by atoms with Gasteiger partial charge in [-0.1, -0.05) is 23.7 Å². The molecule has 0 N–H and O–H groups in total. The van der Waals surface area contributed by atoms with Crippen molar-refractivity contribution in [1.82, 2.24) is 23.6 Å². The number of anilines is 1.